The highest BCUT2D eigenvalue weighted by molar-refractivity contribution is 5.74. The standard InChI is InChI=1S/C19H21FN2O3/c1-13-4-2-3-5-15(13)18-12-22(8-9-25-18)19(24)21-11-14-6-7-17(23)16(20)10-14/h2-7,10,18,23H,8-9,11-12H2,1H3,(H,21,24)/t18-/m1/s1. The maximum Gasteiger partial charge on any atom is 0.317 e. The second-order valence-electron chi connectivity index (χ2n) is 6.11. The van der Waals surface area contributed by atoms with Crippen molar-refractivity contribution in [3.63, 3.8) is 0 Å². The van der Waals surface area contributed by atoms with E-state index in [0.29, 0.717) is 25.3 Å². The zero-order valence-corrected chi connectivity index (χ0v) is 14.0. The van der Waals surface area contributed by atoms with E-state index in [9.17, 15) is 14.3 Å². The average molecular weight is 344 g/mol. The zero-order chi connectivity index (χ0) is 17.8. The number of phenolic OH excluding ortho intramolecular Hbond substituents is 1. The van der Waals surface area contributed by atoms with Gasteiger partial charge in [-0.3, -0.25) is 0 Å². The molecule has 1 fully saturated rings. The molecule has 1 aliphatic heterocycles. The van der Waals surface area contributed by atoms with E-state index < -0.39 is 11.6 Å². The quantitative estimate of drug-likeness (QED) is 0.899. The fraction of sp³-hybridized carbons (Fsp3) is 0.316. The van der Waals surface area contributed by atoms with Crippen molar-refractivity contribution in [2.45, 2.75) is 19.6 Å². The lowest BCUT2D eigenvalue weighted by Gasteiger charge is -2.33. The molecule has 0 radical (unpaired) electrons. The molecule has 2 aromatic rings. The summed E-state index contributed by atoms with van der Waals surface area (Å²) >= 11 is 0. The van der Waals surface area contributed by atoms with Gasteiger partial charge in [-0.05, 0) is 35.7 Å². The molecule has 0 spiro atoms. The number of rotatable bonds is 3. The minimum Gasteiger partial charge on any atom is -0.505 e. The Labute approximate surface area is 146 Å². The lowest BCUT2D eigenvalue weighted by atomic mass is 10.0. The van der Waals surface area contributed by atoms with Crippen LogP contribution >= 0.6 is 0 Å². The number of ether oxygens (including phenoxy) is 1. The van der Waals surface area contributed by atoms with E-state index in [4.69, 9.17) is 4.74 Å². The Morgan fingerprint density at radius 2 is 2.16 bits per heavy atom. The highest BCUT2D eigenvalue weighted by Gasteiger charge is 2.26. The molecule has 25 heavy (non-hydrogen) atoms. The molecular formula is C19H21FN2O3. The van der Waals surface area contributed by atoms with E-state index in [0.717, 1.165) is 11.1 Å². The molecule has 0 aromatic heterocycles. The highest BCUT2D eigenvalue weighted by atomic mass is 19.1. The SMILES string of the molecule is Cc1ccccc1[C@H]1CN(C(=O)NCc2ccc(O)c(F)c2)CCO1. The monoisotopic (exact) mass is 344 g/mol. The van der Waals surface area contributed by atoms with Gasteiger partial charge in [0, 0.05) is 13.1 Å². The van der Waals surface area contributed by atoms with Crippen LogP contribution in [-0.4, -0.2) is 35.7 Å². The highest BCUT2D eigenvalue weighted by Crippen LogP contribution is 2.25. The maximum atomic E-state index is 13.3. The van der Waals surface area contributed by atoms with Crippen LogP contribution in [0.25, 0.3) is 0 Å². The number of hydrogen-bond acceptors (Lipinski definition) is 3. The third kappa shape index (κ3) is 4.09. The first-order valence-electron chi connectivity index (χ1n) is 8.22. The molecule has 2 amide bonds. The van der Waals surface area contributed by atoms with Gasteiger partial charge in [0.1, 0.15) is 6.10 Å². The molecule has 5 nitrogen and oxygen atoms in total. The van der Waals surface area contributed by atoms with Gasteiger partial charge in [0.15, 0.2) is 11.6 Å². The number of carbonyl (C=O) groups excluding carboxylic acids is 1. The molecule has 132 valence electrons. The van der Waals surface area contributed by atoms with Crippen molar-refractivity contribution in [2.24, 2.45) is 0 Å². The number of nitrogens with zero attached hydrogens (tertiary/aromatic N) is 1. The van der Waals surface area contributed by atoms with E-state index >= 15 is 0 Å². The minimum atomic E-state index is -0.697. The predicted molar refractivity (Wildman–Crippen MR) is 91.7 cm³/mol. The molecule has 0 bridgehead atoms. The number of halogens is 1. The first kappa shape index (κ1) is 17.2. The molecular weight excluding hydrogens is 323 g/mol. The van der Waals surface area contributed by atoms with Crippen LogP contribution in [0, 0.1) is 12.7 Å². The summed E-state index contributed by atoms with van der Waals surface area (Å²) in [6, 6.07) is 11.8. The third-order valence-electron chi connectivity index (χ3n) is 4.34. The van der Waals surface area contributed by atoms with Crippen molar-refractivity contribution in [1.82, 2.24) is 10.2 Å². The number of phenols is 1. The number of morpholine rings is 1. The van der Waals surface area contributed by atoms with Gasteiger partial charge in [-0.25, -0.2) is 9.18 Å². The molecule has 1 saturated heterocycles. The van der Waals surface area contributed by atoms with E-state index in [2.05, 4.69) is 5.32 Å². The summed E-state index contributed by atoms with van der Waals surface area (Å²) in [7, 11) is 0. The number of aromatic hydroxyl groups is 1. The Morgan fingerprint density at radius 3 is 2.92 bits per heavy atom. The summed E-state index contributed by atoms with van der Waals surface area (Å²) in [5.74, 6) is -1.10. The Morgan fingerprint density at radius 1 is 1.36 bits per heavy atom. The normalized spacial score (nSPS) is 17.4. The van der Waals surface area contributed by atoms with Crippen molar-refractivity contribution >= 4 is 6.03 Å². The molecule has 3 rings (SSSR count). The predicted octanol–water partition coefficient (Wildman–Crippen LogP) is 3.12. The van der Waals surface area contributed by atoms with E-state index in [1.807, 2.05) is 31.2 Å². The van der Waals surface area contributed by atoms with Gasteiger partial charge in [-0.2, -0.15) is 0 Å². The smallest absolute Gasteiger partial charge is 0.317 e. The van der Waals surface area contributed by atoms with Crippen LogP contribution in [0.4, 0.5) is 9.18 Å². The van der Waals surface area contributed by atoms with E-state index in [1.54, 1.807) is 11.0 Å². The van der Waals surface area contributed by atoms with Crippen LogP contribution in [0.2, 0.25) is 0 Å². The number of amides is 2. The van der Waals surface area contributed by atoms with Crippen molar-refractivity contribution in [3.8, 4) is 5.75 Å². The lowest BCUT2D eigenvalue weighted by molar-refractivity contribution is -0.0157. The number of urea groups is 1. The fourth-order valence-electron chi connectivity index (χ4n) is 2.92. The summed E-state index contributed by atoms with van der Waals surface area (Å²) in [6.45, 7) is 3.68. The van der Waals surface area contributed by atoms with Crippen LogP contribution in [0.15, 0.2) is 42.5 Å². The van der Waals surface area contributed by atoms with Crippen LogP contribution in [0.5, 0.6) is 5.75 Å². The third-order valence-corrected chi connectivity index (χ3v) is 4.34. The summed E-state index contributed by atoms with van der Waals surface area (Å²) in [5, 5.41) is 12.0. The number of hydrogen-bond donors (Lipinski definition) is 2. The van der Waals surface area contributed by atoms with Gasteiger partial charge in [0.2, 0.25) is 0 Å². The van der Waals surface area contributed by atoms with Crippen molar-refractivity contribution in [2.75, 3.05) is 19.7 Å². The average Bonchev–Trinajstić information content (AvgIpc) is 2.63. The number of nitrogens with one attached hydrogen (secondary N) is 1. The second-order valence-corrected chi connectivity index (χ2v) is 6.11. The minimum absolute atomic E-state index is 0.146. The van der Waals surface area contributed by atoms with Gasteiger partial charge < -0.3 is 20.1 Å². The van der Waals surface area contributed by atoms with Crippen molar-refractivity contribution in [1.29, 1.82) is 0 Å². The number of carbonyl (C=O) groups is 1. The first-order valence-corrected chi connectivity index (χ1v) is 8.22. The van der Waals surface area contributed by atoms with Gasteiger partial charge in [0.05, 0.1) is 13.2 Å². The Hall–Kier alpha value is -2.60. The molecule has 1 atom stereocenters. The summed E-state index contributed by atoms with van der Waals surface area (Å²) in [4.78, 5) is 14.1. The number of aryl methyl sites for hydroxylation is 1. The molecule has 1 aliphatic rings. The Bertz CT molecular complexity index is 766. The molecule has 0 saturated carbocycles. The molecule has 6 heteroatoms. The van der Waals surface area contributed by atoms with Gasteiger partial charge in [0.25, 0.3) is 0 Å². The zero-order valence-electron chi connectivity index (χ0n) is 14.0. The van der Waals surface area contributed by atoms with Crippen LogP contribution in [0.1, 0.15) is 22.8 Å². The van der Waals surface area contributed by atoms with Crippen molar-refractivity contribution < 1.29 is 19.0 Å². The largest absolute Gasteiger partial charge is 0.505 e. The summed E-state index contributed by atoms with van der Waals surface area (Å²) in [6.07, 6.45) is -0.146. The molecule has 1 heterocycles. The van der Waals surface area contributed by atoms with Crippen LogP contribution < -0.4 is 5.32 Å². The van der Waals surface area contributed by atoms with Gasteiger partial charge in [-0.15, -0.1) is 0 Å². The Balaban J connectivity index is 1.60. The summed E-state index contributed by atoms with van der Waals surface area (Å²) in [5.41, 5.74) is 2.81. The van der Waals surface area contributed by atoms with Crippen LogP contribution in [-0.2, 0) is 11.3 Å². The Kier molecular flexibility index (Phi) is 5.19. The second kappa shape index (κ2) is 7.53. The summed E-state index contributed by atoms with van der Waals surface area (Å²) < 4.78 is 19.2. The van der Waals surface area contributed by atoms with Crippen LogP contribution in [0.3, 0.4) is 0 Å². The topological polar surface area (TPSA) is 61.8 Å². The van der Waals surface area contributed by atoms with E-state index in [-0.39, 0.29) is 18.7 Å². The van der Waals surface area contributed by atoms with Crippen molar-refractivity contribution in [3.05, 3.63) is 65.0 Å². The molecule has 2 aromatic carbocycles. The van der Waals surface area contributed by atoms with E-state index in [1.165, 1.54) is 12.1 Å². The number of benzene rings is 2. The maximum absolute atomic E-state index is 13.3. The molecule has 2 N–H and O–H groups in total. The molecule has 0 aliphatic carbocycles. The fourth-order valence-corrected chi connectivity index (χ4v) is 2.92. The van der Waals surface area contributed by atoms with Gasteiger partial charge in [-0.1, -0.05) is 30.3 Å². The lowest BCUT2D eigenvalue weighted by Crippen LogP contribution is -2.47. The molecule has 0 unspecified atom stereocenters. The first-order chi connectivity index (χ1) is 12.0. The van der Waals surface area contributed by atoms with Gasteiger partial charge >= 0.3 is 6.03 Å².